The summed E-state index contributed by atoms with van der Waals surface area (Å²) in [4.78, 5) is 38.2. The van der Waals surface area contributed by atoms with Crippen LogP contribution in [-0.4, -0.2) is 57.9 Å². The number of hydrogen-bond donors (Lipinski definition) is 1. The third-order valence-corrected chi connectivity index (χ3v) is 3.57. The van der Waals surface area contributed by atoms with Gasteiger partial charge in [0.1, 0.15) is 0 Å². The summed E-state index contributed by atoms with van der Waals surface area (Å²) < 4.78 is 0. The third kappa shape index (κ3) is 3.79. The van der Waals surface area contributed by atoms with Crippen LogP contribution in [0.1, 0.15) is 40.5 Å². The number of carboxylic acid groups (broad SMARTS) is 1. The molecule has 6 heteroatoms. The van der Waals surface area contributed by atoms with Gasteiger partial charge in [0.15, 0.2) is 0 Å². The molecule has 0 spiro atoms. The van der Waals surface area contributed by atoms with Crippen molar-refractivity contribution in [1.29, 1.82) is 0 Å². The molecular formula is C14H24N2O4. The van der Waals surface area contributed by atoms with Gasteiger partial charge in [-0.3, -0.25) is 24.2 Å². The average molecular weight is 284 g/mol. The van der Waals surface area contributed by atoms with E-state index in [9.17, 15) is 14.4 Å². The van der Waals surface area contributed by atoms with E-state index in [0.717, 1.165) is 0 Å². The minimum absolute atomic E-state index is 0.0865. The van der Waals surface area contributed by atoms with Crippen molar-refractivity contribution in [3.8, 4) is 0 Å². The fourth-order valence-electron chi connectivity index (χ4n) is 2.51. The summed E-state index contributed by atoms with van der Waals surface area (Å²) in [7, 11) is 0. The van der Waals surface area contributed by atoms with E-state index in [4.69, 9.17) is 5.11 Å². The highest BCUT2D eigenvalue weighted by Crippen LogP contribution is 2.23. The smallest absolute Gasteiger partial charge is 0.317 e. The maximum absolute atomic E-state index is 12.4. The number of nitrogens with zero attached hydrogens (tertiary/aromatic N) is 2. The van der Waals surface area contributed by atoms with Gasteiger partial charge in [0.05, 0.1) is 19.0 Å². The minimum Gasteiger partial charge on any atom is -0.480 e. The Morgan fingerprint density at radius 2 is 2.00 bits per heavy atom. The normalized spacial score (nSPS) is 21.1. The highest BCUT2D eigenvalue weighted by molar-refractivity contribution is 6.06. The molecule has 2 amide bonds. The SMILES string of the molecule is CCC(C)N1C(=O)CC(N(CC(=O)O)CC(C)C)C1=O. The summed E-state index contributed by atoms with van der Waals surface area (Å²) >= 11 is 0. The number of amides is 2. The van der Waals surface area contributed by atoms with Gasteiger partial charge in [0.25, 0.3) is 0 Å². The van der Waals surface area contributed by atoms with Crippen LogP contribution in [0.3, 0.4) is 0 Å². The fourth-order valence-corrected chi connectivity index (χ4v) is 2.51. The minimum atomic E-state index is -0.979. The first kappa shape index (κ1) is 16.6. The number of imide groups is 1. The molecule has 2 atom stereocenters. The van der Waals surface area contributed by atoms with Gasteiger partial charge in [-0.05, 0) is 19.3 Å². The average Bonchev–Trinajstić information content (AvgIpc) is 2.62. The molecule has 1 N–H and O–H groups in total. The molecular weight excluding hydrogens is 260 g/mol. The molecule has 0 aromatic carbocycles. The number of aliphatic carboxylic acids is 1. The molecule has 0 saturated carbocycles. The molecule has 1 aliphatic rings. The van der Waals surface area contributed by atoms with Crippen molar-refractivity contribution in [1.82, 2.24) is 9.80 Å². The standard InChI is InChI=1S/C14H24N2O4/c1-5-10(4)16-12(17)6-11(14(16)20)15(7-9(2)3)8-13(18)19/h9-11H,5-8H2,1-4H3,(H,18,19). The van der Waals surface area contributed by atoms with E-state index < -0.39 is 12.0 Å². The number of carboxylic acids is 1. The largest absolute Gasteiger partial charge is 0.480 e. The fraction of sp³-hybridized carbons (Fsp3) is 0.786. The van der Waals surface area contributed by atoms with E-state index in [1.54, 1.807) is 4.90 Å². The first-order valence-electron chi connectivity index (χ1n) is 7.09. The van der Waals surface area contributed by atoms with E-state index >= 15 is 0 Å². The summed E-state index contributed by atoms with van der Waals surface area (Å²) in [6, 6.07) is -0.763. The van der Waals surface area contributed by atoms with E-state index in [0.29, 0.717) is 13.0 Å². The molecule has 0 aliphatic carbocycles. The van der Waals surface area contributed by atoms with Crippen molar-refractivity contribution in [3.63, 3.8) is 0 Å². The van der Waals surface area contributed by atoms with E-state index in [1.807, 2.05) is 27.7 Å². The molecule has 0 radical (unpaired) electrons. The van der Waals surface area contributed by atoms with Crippen LogP contribution in [0.2, 0.25) is 0 Å². The Morgan fingerprint density at radius 1 is 1.40 bits per heavy atom. The monoisotopic (exact) mass is 284 g/mol. The molecule has 1 rings (SSSR count). The zero-order valence-corrected chi connectivity index (χ0v) is 12.6. The summed E-state index contributed by atoms with van der Waals surface area (Å²) in [6.45, 7) is 7.95. The predicted octanol–water partition coefficient (Wildman–Crippen LogP) is 0.955. The van der Waals surface area contributed by atoms with Gasteiger partial charge in [0.2, 0.25) is 11.8 Å². The highest BCUT2D eigenvalue weighted by atomic mass is 16.4. The third-order valence-electron chi connectivity index (χ3n) is 3.57. The molecule has 20 heavy (non-hydrogen) atoms. The number of carbonyl (C=O) groups excluding carboxylic acids is 2. The number of carbonyl (C=O) groups is 3. The van der Waals surface area contributed by atoms with E-state index in [-0.39, 0.29) is 36.7 Å². The lowest BCUT2D eigenvalue weighted by Gasteiger charge is -2.28. The Bertz CT molecular complexity index is 395. The second-order valence-electron chi connectivity index (χ2n) is 5.80. The van der Waals surface area contributed by atoms with Crippen LogP contribution in [0.25, 0.3) is 0 Å². The molecule has 114 valence electrons. The van der Waals surface area contributed by atoms with Crippen LogP contribution in [0.5, 0.6) is 0 Å². The lowest BCUT2D eigenvalue weighted by atomic mass is 10.1. The molecule has 2 unspecified atom stereocenters. The van der Waals surface area contributed by atoms with Crippen LogP contribution in [0.15, 0.2) is 0 Å². The molecule has 0 aromatic heterocycles. The molecule has 0 aromatic rings. The summed E-state index contributed by atoms with van der Waals surface area (Å²) in [5, 5.41) is 8.98. The quantitative estimate of drug-likeness (QED) is 0.704. The van der Waals surface area contributed by atoms with Gasteiger partial charge in [-0.15, -0.1) is 0 Å². The number of likely N-dealkylation sites (tertiary alicyclic amines) is 1. The van der Waals surface area contributed by atoms with Crippen molar-refractivity contribution in [2.24, 2.45) is 5.92 Å². The first-order valence-corrected chi connectivity index (χ1v) is 7.09. The molecule has 1 fully saturated rings. The van der Waals surface area contributed by atoms with Crippen molar-refractivity contribution < 1.29 is 19.5 Å². The second-order valence-corrected chi connectivity index (χ2v) is 5.80. The summed E-state index contributed by atoms with van der Waals surface area (Å²) in [5.41, 5.74) is 0. The van der Waals surface area contributed by atoms with Gasteiger partial charge in [-0.2, -0.15) is 0 Å². The second kappa shape index (κ2) is 6.83. The summed E-state index contributed by atoms with van der Waals surface area (Å²) in [5.74, 6) is -1.21. The van der Waals surface area contributed by atoms with Crippen LogP contribution in [0.4, 0.5) is 0 Å². The summed E-state index contributed by atoms with van der Waals surface area (Å²) in [6.07, 6.45) is 0.788. The topological polar surface area (TPSA) is 77.9 Å². The molecule has 1 heterocycles. The molecule has 1 saturated heterocycles. The zero-order chi connectivity index (χ0) is 15.4. The number of rotatable bonds is 7. The molecule has 6 nitrogen and oxygen atoms in total. The maximum atomic E-state index is 12.4. The van der Waals surface area contributed by atoms with Crippen molar-refractivity contribution >= 4 is 17.8 Å². The Morgan fingerprint density at radius 3 is 2.45 bits per heavy atom. The van der Waals surface area contributed by atoms with Gasteiger partial charge in [-0.25, -0.2) is 0 Å². The van der Waals surface area contributed by atoms with Gasteiger partial charge >= 0.3 is 5.97 Å². The van der Waals surface area contributed by atoms with E-state index in [1.165, 1.54) is 4.90 Å². The Balaban J connectivity index is 2.90. The van der Waals surface area contributed by atoms with Gasteiger partial charge < -0.3 is 5.11 Å². The van der Waals surface area contributed by atoms with Crippen LogP contribution in [-0.2, 0) is 14.4 Å². The molecule has 0 bridgehead atoms. The lowest BCUT2D eigenvalue weighted by molar-refractivity contribution is -0.143. The predicted molar refractivity (Wildman–Crippen MR) is 74.1 cm³/mol. The van der Waals surface area contributed by atoms with Gasteiger partial charge in [-0.1, -0.05) is 20.8 Å². The van der Waals surface area contributed by atoms with Crippen molar-refractivity contribution in [2.45, 2.75) is 52.6 Å². The van der Waals surface area contributed by atoms with Crippen LogP contribution >= 0.6 is 0 Å². The number of hydrogen-bond acceptors (Lipinski definition) is 4. The van der Waals surface area contributed by atoms with Gasteiger partial charge in [0, 0.05) is 12.6 Å². The maximum Gasteiger partial charge on any atom is 0.317 e. The van der Waals surface area contributed by atoms with Crippen LogP contribution in [0, 0.1) is 5.92 Å². The zero-order valence-electron chi connectivity index (χ0n) is 12.6. The Hall–Kier alpha value is -1.43. The van der Waals surface area contributed by atoms with Crippen molar-refractivity contribution in [2.75, 3.05) is 13.1 Å². The Labute approximate surface area is 119 Å². The van der Waals surface area contributed by atoms with E-state index in [2.05, 4.69) is 0 Å². The van der Waals surface area contributed by atoms with Crippen LogP contribution < -0.4 is 0 Å². The Kier molecular flexibility index (Phi) is 5.68. The van der Waals surface area contributed by atoms with Crippen molar-refractivity contribution in [3.05, 3.63) is 0 Å². The molecule has 1 aliphatic heterocycles. The lowest BCUT2D eigenvalue weighted by Crippen LogP contribution is -2.47. The first-order chi connectivity index (χ1) is 9.27. The highest BCUT2D eigenvalue weighted by Gasteiger charge is 2.43.